The molecule has 0 spiro atoms. The van der Waals surface area contributed by atoms with Crippen LogP contribution in [0.2, 0.25) is 0 Å². The first-order chi connectivity index (χ1) is 14.6. The van der Waals surface area contributed by atoms with Gasteiger partial charge in [-0.05, 0) is 36.2 Å². The van der Waals surface area contributed by atoms with Crippen LogP contribution in [0.15, 0.2) is 54.6 Å². The summed E-state index contributed by atoms with van der Waals surface area (Å²) >= 11 is 0. The Morgan fingerprint density at radius 2 is 1.87 bits per heavy atom. The molecule has 0 radical (unpaired) electrons. The minimum Gasteiger partial charge on any atom is -0.492 e. The van der Waals surface area contributed by atoms with Gasteiger partial charge in [0.1, 0.15) is 18.2 Å². The minimum atomic E-state index is -0.461. The monoisotopic (exact) mass is 414 g/mol. The van der Waals surface area contributed by atoms with E-state index >= 15 is 0 Å². The fourth-order valence-electron chi connectivity index (χ4n) is 3.74. The van der Waals surface area contributed by atoms with Gasteiger partial charge in [0.25, 0.3) is 0 Å². The summed E-state index contributed by atoms with van der Waals surface area (Å²) in [6.45, 7) is 1.43. The lowest BCUT2D eigenvalue weighted by atomic mass is 9.83. The van der Waals surface area contributed by atoms with Crippen LogP contribution >= 0.6 is 0 Å². The second-order valence-corrected chi connectivity index (χ2v) is 7.17. The molecule has 0 bridgehead atoms. The molecule has 160 valence electrons. The third kappa shape index (κ3) is 5.57. The van der Waals surface area contributed by atoms with Gasteiger partial charge in [-0.25, -0.2) is 4.39 Å². The molecule has 1 aliphatic rings. The van der Waals surface area contributed by atoms with Gasteiger partial charge in [-0.1, -0.05) is 30.3 Å². The molecule has 0 saturated carbocycles. The number of carbonyl (C=O) groups excluding carboxylic acids is 2. The first kappa shape index (κ1) is 21.8. The van der Waals surface area contributed by atoms with Gasteiger partial charge < -0.3 is 19.7 Å². The van der Waals surface area contributed by atoms with Crippen molar-refractivity contribution in [3.8, 4) is 5.75 Å². The Kier molecular flexibility index (Phi) is 7.79. The van der Waals surface area contributed by atoms with Crippen molar-refractivity contribution in [2.45, 2.75) is 18.9 Å². The van der Waals surface area contributed by atoms with E-state index in [2.05, 4.69) is 5.32 Å². The summed E-state index contributed by atoms with van der Waals surface area (Å²) in [6.07, 6.45) is 0.732. The van der Waals surface area contributed by atoms with Gasteiger partial charge >= 0.3 is 0 Å². The van der Waals surface area contributed by atoms with Crippen molar-refractivity contribution in [1.29, 1.82) is 0 Å². The number of hydrogen-bond donors (Lipinski definition) is 1. The fraction of sp³-hybridized carbons (Fsp3) is 0.391. The molecule has 0 aromatic heterocycles. The zero-order valence-electron chi connectivity index (χ0n) is 17.1. The molecule has 1 saturated heterocycles. The van der Waals surface area contributed by atoms with Crippen molar-refractivity contribution in [2.75, 3.05) is 33.4 Å². The highest BCUT2D eigenvalue weighted by atomic mass is 19.1. The van der Waals surface area contributed by atoms with E-state index in [1.165, 1.54) is 12.1 Å². The number of methoxy groups -OCH3 is 1. The normalized spacial score (nSPS) is 18.9. The summed E-state index contributed by atoms with van der Waals surface area (Å²) in [5.41, 5.74) is 0.737. The van der Waals surface area contributed by atoms with Crippen LogP contribution in [-0.2, 0) is 14.3 Å². The Balaban J connectivity index is 1.68. The molecule has 1 aliphatic heterocycles. The number of halogens is 1. The lowest BCUT2D eigenvalue weighted by Crippen LogP contribution is -2.49. The predicted molar refractivity (Wildman–Crippen MR) is 110 cm³/mol. The number of likely N-dealkylation sites (tertiary alicyclic amines) is 1. The summed E-state index contributed by atoms with van der Waals surface area (Å²) in [5.74, 6) is -0.219. The lowest BCUT2D eigenvalue weighted by Gasteiger charge is -2.40. The van der Waals surface area contributed by atoms with Crippen LogP contribution in [-0.4, -0.2) is 50.1 Å². The SMILES string of the molecule is COCCN1C(=O)CC[C@@H](C(=O)NCCOc2ccccc2)[C@@H]1c1ccc(F)cc1. The number of carbonyl (C=O) groups is 2. The molecule has 0 unspecified atom stereocenters. The van der Waals surface area contributed by atoms with Crippen molar-refractivity contribution in [3.63, 3.8) is 0 Å². The van der Waals surface area contributed by atoms with Gasteiger partial charge in [0.05, 0.1) is 25.1 Å². The largest absolute Gasteiger partial charge is 0.492 e. The molecule has 6 nitrogen and oxygen atoms in total. The molecule has 3 rings (SSSR count). The van der Waals surface area contributed by atoms with E-state index < -0.39 is 12.0 Å². The summed E-state index contributed by atoms with van der Waals surface area (Å²) in [4.78, 5) is 27.2. The third-order valence-electron chi connectivity index (χ3n) is 5.20. The number of ether oxygens (including phenoxy) is 2. The van der Waals surface area contributed by atoms with E-state index in [0.29, 0.717) is 39.1 Å². The number of para-hydroxylation sites is 1. The minimum absolute atomic E-state index is 0.0298. The Morgan fingerprint density at radius 1 is 1.13 bits per heavy atom. The molecule has 2 aromatic carbocycles. The van der Waals surface area contributed by atoms with Crippen LogP contribution in [0, 0.1) is 11.7 Å². The quantitative estimate of drug-likeness (QED) is 0.641. The Morgan fingerprint density at radius 3 is 2.57 bits per heavy atom. The third-order valence-corrected chi connectivity index (χ3v) is 5.20. The average molecular weight is 414 g/mol. The predicted octanol–water partition coefficient (Wildman–Crippen LogP) is 2.95. The first-order valence-corrected chi connectivity index (χ1v) is 10.1. The number of amides is 2. The molecule has 2 amide bonds. The molecule has 1 fully saturated rings. The van der Waals surface area contributed by atoms with Crippen molar-refractivity contribution in [3.05, 3.63) is 66.0 Å². The van der Waals surface area contributed by atoms with Gasteiger partial charge in [-0.15, -0.1) is 0 Å². The molecule has 1 heterocycles. The maximum Gasteiger partial charge on any atom is 0.225 e. The molecule has 30 heavy (non-hydrogen) atoms. The van der Waals surface area contributed by atoms with Gasteiger partial charge in [0, 0.05) is 20.1 Å². The Labute approximate surface area is 176 Å². The number of hydrogen-bond acceptors (Lipinski definition) is 4. The van der Waals surface area contributed by atoms with Gasteiger partial charge in [0.2, 0.25) is 11.8 Å². The van der Waals surface area contributed by atoms with Crippen molar-refractivity contribution in [1.82, 2.24) is 10.2 Å². The van der Waals surface area contributed by atoms with Crippen LogP contribution in [0.5, 0.6) is 5.75 Å². The highest BCUT2D eigenvalue weighted by molar-refractivity contribution is 5.85. The lowest BCUT2D eigenvalue weighted by molar-refractivity contribution is -0.144. The molecule has 7 heteroatoms. The number of benzene rings is 2. The molecule has 0 aliphatic carbocycles. The molecule has 2 atom stereocenters. The highest BCUT2D eigenvalue weighted by Crippen LogP contribution is 2.36. The van der Waals surface area contributed by atoms with Crippen LogP contribution in [0.1, 0.15) is 24.4 Å². The summed E-state index contributed by atoms with van der Waals surface area (Å²) < 4.78 is 24.2. The van der Waals surface area contributed by atoms with E-state index in [0.717, 1.165) is 11.3 Å². The van der Waals surface area contributed by atoms with Crippen LogP contribution in [0.25, 0.3) is 0 Å². The highest BCUT2D eigenvalue weighted by Gasteiger charge is 2.40. The first-order valence-electron chi connectivity index (χ1n) is 10.1. The smallest absolute Gasteiger partial charge is 0.225 e. The van der Waals surface area contributed by atoms with Crippen LogP contribution in [0.4, 0.5) is 4.39 Å². The van der Waals surface area contributed by atoms with Gasteiger partial charge in [-0.3, -0.25) is 9.59 Å². The maximum absolute atomic E-state index is 13.4. The van der Waals surface area contributed by atoms with E-state index in [-0.39, 0.29) is 17.6 Å². The fourth-order valence-corrected chi connectivity index (χ4v) is 3.74. The second kappa shape index (κ2) is 10.7. The van der Waals surface area contributed by atoms with E-state index in [1.807, 2.05) is 30.3 Å². The number of piperidine rings is 1. The number of rotatable bonds is 9. The summed E-state index contributed by atoms with van der Waals surface area (Å²) in [7, 11) is 1.57. The summed E-state index contributed by atoms with van der Waals surface area (Å²) in [6, 6.07) is 14.9. The topological polar surface area (TPSA) is 67.9 Å². The molecular weight excluding hydrogens is 387 g/mol. The van der Waals surface area contributed by atoms with Gasteiger partial charge in [0.15, 0.2) is 0 Å². The van der Waals surface area contributed by atoms with Crippen LogP contribution < -0.4 is 10.1 Å². The van der Waals surface area contributed by atoms with Gasteiger partial charge in [-0.2, -0.15) is 0 Å². The standard InChI is InChI=1S/C23H27FN2O4/c1-29-16-14-26-21(27)12-11-20(22(26)17-7-9-18(24)10-8-17)23(28)25-13-15-30-19-5-3-2-4-6-19/h2-10,20,22H,11-16H2,1H3,(H,25,28)/t20-,22+/m1/s1. The molecular formula is C23H27FN2O4. The van der Waals surface area contributed by atoms with Crippen molar-refractivity contribution < 1.29 is 23.5 Å². The number of nitrogens with one attached hydrogen (secondary N) is 1. The van der Waals surface area contributed by atoms with E-state index in [4.69, 9.17) is 9.47 Å². The maximum atomic E-state index is 13.4. The van der Waals surface area contributed by atoms with E-state index in [1.54, 1.807) is 24.1 Å². The molecule has 2 aromatic rings. The van der Waals surface area contributed by atoms with Crippen molar-refractivity contribution in [2.24, 2.45) is 5.92 Å². The Bertz CT molecular complexity index is 829. The molecule has 1 N–H and O–H groups in total. The summed E-state index contributed by atoms with van der Waals surface area (Å²) in [5, 5.41) is 2.92. The number of nitrogens with zero attached hydrogens (tertiary/aromatic N) is 1. The Hall–Kier alpha value is -2.93. The van der Waals surface area contributed by atoms with E-state index in [9.17, 15) is 14.0 Å². The second-order valence-electron chi connectivity index (χ2n) is 7.17. The zero-order chi connectivity index (χ0) is 21.3. The van der Waals surface area contributed by atoms with Crippen molar-refractivity contribution >= 4 is 11.8 Å². The average Bonchev–Trinajstić information content (AvgIpc) is 2.77. The zero-order valence-corrected chi connectivity index (χ0v) is 17.1. The van der Waals surface area contributed by atoms with Crippen LogP contribution in [0.3, 0.4) is 0 Å².